The van der Waals surface area contributed by atoms with Crippen LogP contribution < -0.4 is 23.7 Å². The summed E-state index contributed by atoms with van der Waals surface area (Å²) in [6, 6.07) is 9.54. The fraction of sp³-hybridized carbons (Fsp3) is 0.455. The highest BCUT2D eigenvalue weighted by atomic mass is 32.2. The van der Waals surface area contributed by atoms with E-state index >= 15 is 0 Å². The topological polar surface area (TPSA) is 83.1 Å². The van der Waals surface area contributed by atoms with E-state index in [4.69, 9.17) is 18.9 Å². The Hall–Kier alpha value is -2.45. The minimum Gasteiger partial charge on any atom is -0.493 e. The fourth-order valence-corrected chi connectivity index (χ4v) is 4.46. The molecule has 0 bridgehead atoms. The molecular formula is C22H31NO6S. The standard InChI is InChI=1S/C22H31NO6S/c1-7-28-19-11-9-16(13-21(19)29-8-2)22(15(3)4)23-30(24,25)17-10-12-18(26-5)20(14-17)27-6/h9-15,22-23H,7-8H2,1-6H3. The van der Waals surface area contributed by atoms with Crippen LogP contribution in [-0.4, -0.2) is 35.9 Å². The van der Waals surface area contributed by atoms with Crippen LogP contribution in [-0.2, 0) is 10.0 Å². The van der Waals surface area contributed by atoms with Gasteiger partial charge < -0.3 is 18.9 Å². The van der Waals surface area contributed by atoms with Crippen molar-refractivity contribution < 1.29 is 27.4 Å². The Bertz CT molecular complexity index is 943. The molecule has 1 atom stereocenters. The van der Waals surface area contributed by atoms with Crippen molar-refractivity contribution in [2.75, 3.05) is 27.4 Å². The summed E-state index contributed by atoms with van der Waals surface area (Å²) in [6.07, 6.45) is 0. The Morgan fingerprint density at radius 3 is 2.00 bits per heavy atom. The van der Waals surface area contributed by atoms with E-state index in [1.165, 1.54) is 26.4 Å². The Morgan fingerprint density at radius 2 is 1.43 bits per heavy atom. The van der Waals surface area contributed by atoms with Crippen molar-refractivity contribution in [3.05, 3.63) is 42.0 Å². The van der Waals surface area contributed by atoms with Crippen molar-refractivity contribution in [1.82, 2.24) is 4.72 Å². The molecule has 0 aliphatic heterocycles. The molecular weight excluding hydrogens is 406 g/mol. The molecule has 0 aliphatic carbocycles. The van der Waals surface area contributed by atoms with Crippen LogP contribution in [0.4, 0.5) is 0 Å². The van der Waals surface area contributed by atoms with Gasteiger partial charge in [0.15, 0.2) is 23.0 Å². The number of methoxy groups -OCH3 is 2. The molecule has 0 amide bonds. The van der Waals surface area contributed by atoms with Crippen molar-refractivity contribution in [3.8, 4) is 23.0 Å². The van der Waals surface area contributed by atoms with E-state index in [0.717, 1.165) is 5.56 Å². The van der Waals surface area contributed by atoms with Gasteiger partial charge in [-0.15, -0.1) is 0 Å². The van der Waals surface area contributed by atoms with E-state index in [2.05, 4.69) is 4.72 Å². The number of sulfonamides is 1. The van der Waals surface area contributed by atoms with E-state index in [9.17, 15) is 8.42 Å². The van der Waals surface area contributed by atoms with Gasteiger partial charge in [-0.3, -0.25) is 0 Å². The molecule has 0 radical (unpaired) electrons. The highest BCUT2D eigenvalue weighted by Gasteiger charge is 2.26. The van der Waals surface area contributed by atoms with Gasteiger partial charge in [-0.05, 0) is 49.6 Å². The zero-order chi connectivity index (χ0) is 22.3. The lowest BCUT2D eigenvalue weighted by Gasteiger charge is -2.24. The highest BCUT2D eigenvalue weighted by Crippen LogP contribution is 2.34. The maximum absolute atomic E-state index is 13.1. The summed E-state index contributed by atoms with van der Waals surface area (Å²) in [4.78, 5) is 0.0989. The number of hydrogen-bond acceptors (Lipinski definition) is 6. The van der Waals surface area contributed by atoms with Gasteiger partial charge in [0.1, 0.15) is 0 Å². The molecule has 2 aromatic rings. The molecule has 30 heavy (non-hydrogen) atoms. The number of rotatable bonds is 11. The van der Waals surface area contributed by atoms with E-state index in [1.54, 1.807) is 6.07 Å². The van der Waals surface area contributed by atoms with Gasteiger partial charge in [-0.25, -0.2) is 13.1 Å². The molecule has 0 fully saturated rings. The lowest BCUT2D eigenvalue weighted by molar-refractivity contribution is 0.287. The van der Waals surface area contributed by atoms with Gasteiger partial charge in [-0.1, -0.05) is 19.9 Å². The summed E-state index contributed by atoms with van der Waals surface area (Å²) in [7, 11) is -0.846. The third-order valence-electron chi connectivity index (χ3n) is 4.54. The second-order valence-corrected chi connectivity index (χ2v) is 8.65. The van der Waals surface area contributed by atoms with Crippen molar-refractivity contribution in [2.24, 2.45) is 5.92 Å². The maximum Gasteiger partial charge on any atom is 0.241 e. The van der Waals surface area contributed by atoms with Crippen molar-refractivity contribution in [2.45, 2.75) is 38.6 Å². The zero-order valence-electron chi connectivity index (χ0n) is 18.4. The molecule has 0 aliphatic rings. The molecule has 2 rings (SSSR count). The number of hydrogen-bond donors (Lipinski definition) is 1. The SMILES string of the molecule is CCOc1ccc(C(NS(=O)(=O)c2ccc(OC)c(OC)c2)C(C)C)cc1OCC. The normalized spacial score (nSPS) is 12.5. The molecule has 0 saturated heterocycles. The fourth-order valence-electron chi connectivity index (χ4n) is 3.07. The van der Waals surface area contributed by atoms with E-state index in [-0.39, 0.29) is 10.8 Å². The van der Waals surface area contributed by atoms with Gasteiger partial charge in [-0.2, -0.15) is 0 Å². The first-order valence-electron chi connectivity index (χ1n) is 9.91. The summed E-state index contributed by atoms with van der Waals surface area (Å²) in [5.41, 5.74) is 0.793. The largest absolute Gasteiger partial charge is 0.493 e. The number of nitrogens with one attached hydrogen (secondary N) is 1. The van der Waals surface area contributed by atoms with Crippen LogP contribution in [0.2, 0.25) is 0 Å². The van der Waals surface area contributed by atoms with E-state index in [0.29, 0.717) is 36.2 Å². The summed E-state index contributed by atoms with van der Waals surface area (Å²) in [6.45, 7) is 8.70. The molecule has 0 saturated carbocycles. The molecule has 8 heteroatoms. The van der Waals surface area contributed by atoms with Crippen LogP contribution in [0.5, 0.6) is 23.0 Å². The van der Waals surface area contributed by atoms with Crippen LogP contribution in [0.15, 0.2) is 41.3 Å². The molecule has 1 N–H and O–H groups in total. The third kappa shape index (κ3) is 5.58. The van der Waals surface area contributed by atoms with Crippen LogP contribution in [0.1, 0.15) is 39.3 Å². The maximum atomic E-state index is 13.1. The summed E-state index contributed by atoms with van der Waals surface area (Å²) in [5, 5.41) is 0. The van der Waals surface area contributed by atoms with Crippen LogP contribution >= 0.6 is 0 Å². The first kappa shape index (κ1) is 23.8. The lowest BCUT2D eigenvalue weighted by Crippen LogP contribution is -2.32. The molecule has 1 unspecified atom stereocenters. The van der Waals surface area contributed by atoms with E-state index in [1.807, 2.05) is 45.9 Å². The van der Waals surface area contributed by atoms with Crippen LogP contribution in [0.3, 0.4) is 0 Å². The molecule has 0 heterocycles. The average molecular weight is 438 g/mol. The number of benzene rings is 2. The second-order valence-electron chi connectivity index (χ2n) is 6.93. The molecule has 166 valence electrons. The van der Waals surface area contributed by atoms with Gasteiger partial charge >= 0.3 is 0 Å². The molecule has 7 nitrogen and oxygen atoms in total. The summed E-state index contributed by atoms with van der Waals surface area (Å²) < 4.78 is 50.8. The first-order chi connectivity index (χ1) is 14.3. The Kier molecular flexibility index (Phi) is 8.37. The summed E-state index contributed by atoms with van der Waals surface area (Å²) in [5.74, 6) is 2.03. The predicted molar refractivity (Wildman–Crippen MR) is 116 cm³/mol. The van der Waals surface area contributed by atoms with Crippen molar-refractivity contribution >= 4 is 10.0 Å². The lowest BCUT2D eigenvalue weighted by atomic mass is 9.97. The van der Waals surface area contributed by atoms with Crippen molar-refractivity contribution in [3.63, 3.8) is 0 Å². The van der Waals surface area contributed by atoms with Crippen LogP contribution in [0.25, 0.3) is 0 Å². The smallest absolute Gasteiger partial charge is 0.241 e. The van der Waals surface area contributed by atoms with Crippen molar-refractivity contribution in [1.29, 1.82) is 0 Å². The average Bonchev–Trinajstić information content (AvgIpc) is 2.73. The van der Waals surface area contributed by atoms with Gasteiger partial charge in [0.05, 0.1) is 32.3 Å². The van der Waals surface area contributed by atoms with E-state index < -0.39 is 16.1 Å². The van der Waals surface area contributed by atoms with Crippen LogP contribution in [0, 0.1) is 5.92 Å². The minimum atomic E-state index is -3.81. The van der Waals surface area contributed by atoms with Gasteiger partial charge in [0.2, 0.25) is 10.0 Å². The third-order valence-corrected chi connectivity index (χ3v) is 5.98. The zero-order valence-corrected chi connectivity index (χ0v) is 19.2. The number of ether oxygens (including phenoxy) is 4. The first-order valence-corrected chi connectivity index (χ1v) is 11.4. The van der Waals surface area contributed by atoms with Gasteiger partial charge in [0.25, 0.3) is 0 Å². The Labute approximate surface area is 179 Å². The molecule has 0 spiro atoms. The predicted octanol–water partition coefficient (Wildman–Crippen LogP) is 4.18. The Morgan fingerprint density at radius 1 is 0.833 bits per heavy atom. The summed E-state index contributed by atoms with van der Waals surface area (Å²) >= 11 is 0. The minimum absolute atomic E-state index is 0.00709. The quantitative estimate of drug-likeness (QED) is 0.568. The second kappa shape index (κ2) is 10.5. The molecule has 2 aromatic carbocycles. The molecule has 0 aromatic heterocycles. The highest BCUT2D eigenvalue weighted by molar-refractivity contribution is 7.89. The van der Waals surface area contributed by atoms with Gasteiger partial charge in [0, 0.05) is 12.1 Å². The Balaban J connectivity index is 2.40. The monoisotopic (exact) mass is 437 g/mol.